The van der Waals surface area contributed by atoms with Crippen molar-refractivity contribution in [3.05, 3.63) is 82.3 Å². The predicted molar refractivity (Wildman–Crippen MR) is 157 cm³/mol. The van der Waals surface area contributed by atoms with E-state index in [-0.39, 0.29) is 11.8 Å². The van der Waals surface area contributed by atoms with E-state index in [0.717, 1.165) is 64.7 Å². The van der Waals surface area contributed by atoms with Crippen LogP contribution < -0.4 is 10.6 Å². The first kappa shape index (κ1) is 25.8. The molecule has 0 bridgehead atoms. The molecule has 2 aliphatic rings. The lowest BCUT2D eigenvalue weighted by Crippen LogP contribution is -2.33. The van der Waals surface area contributed by atoms with Gasteiger partial charge in [-0.05, 0) is 88.7 Å². The summed E-state index contributed by atoms with van der Waals surface area (Å²) in [5.74, 6) is 0.945. The van der Waals surface area contributed by atoms with Gasteiger partial charge in [-0.2, -0.15) is 0 Å². The van der Waals surface area contributed by atoms with E-state index in [0.29, 0.717) is 29.3 Å². The highest BCUT2D eigenvalue weighted by atomic mass is 16.4. The summed E-state index contributed by atoms with van der Waals surface area (Å²) in [6.07, 6.45) is 4.29. The fourth-order valence-electron chi connectivity index (χ4n) is 5.67. The molecule has 3 N–H and O–H groups in total. The number of aryl methyl sites for hydroxylation is 2. The summed E-state index contributed by atoms with van der Waals surface area (Å²) in [4.78, 5) is 36.4. The van der Waals surface area contributed by atoms with Crippen LogP contribution in [0.15, 0.2) is 52.9 Å². The van der Waals surface area contributed by atoms with E-state index < -0.39 is 0 Å². The molecule has 0 aliphatic carbocycles. The zero-order chi connectivity index (χ0) is 27.8. The number of rotatable bonds is 7. The van der Waals surface area contributed by atoms with E-state index in [9.17, 15) is 9.59 Å². The molecule has 2 amide bonds. The summed E-state index contributed by atoms with van der Waals surface area (Å²) in [6.45, 7) is 9.41. The summed E-state index contributed by atoms with van der Waals surface area (Å²) < 4.78 is 6.17. The van der Waals surface area contributed by atoms with Gasteiger partial charge < -0.3 is 24.9 Å². The number of aromatic amines is 1. The van der Waals surface area contributed by atoms with Crippen LogP contribution in [0.3, 0.4) is 0 Å². The summed E-state index contributed by atoms with van der Waals surface area (Å²) in [5.41, 5.74) is 7.54. The highest BCUT2D eigenvalue weighted by Gasteiger charge is 2.27. The molecule has 8 nitrogen and oxygen atoms in total. The molecule has 1 saturated heterocycles. The molecule has 0 saturated carbocycles. The minimum absolute atomic E-state index is 0.0938. The third kappa shape index (κ3) is 4.86. The molecule has 0 unspecified atom stereocenters. The Hall–Kier alpha value is -4.43. The van der Waals surface area contributed by atoms with Crippen LogP contribution in [0.1, 0.15) is 51.4 Å². The topological polar surface area (TPSA) is 103 Å². The van der Waals surface area contributed by atoms with E-state index in [4.69, 9.17) is 4.42 Å². The quantitative estimate of drug-likeness (QED) is 0.268. The Bertz CT molecular complexity index is 1620. The molecular weight excluding hydrogens is 502 g/mol. The average Bonchev–Trinajstić information content (AvgIpc) is 3.72. The molecule has 0 atom stereocenters. The molecule has 2 aliphatic heterocycles. The van der Waals surface area contributed by atoms with Gasteiger partial charge >= 0.3 is 0 Å². The fraction of sp³-hybridized carbons (Fsp3) is 0.281. The fourth-order valence-corrected chi connectivity index (χ4v) is 5.67. The van der Waals surface area contributed by atoms with Crippen molar-refractivity contribution >= 4 is 29.2 Å². The van der Waals surface area contributed by atoms with Gasteiger partial charge in [0.2, 0.25) is 5.89 Å². The standard InChI is InChI=1S/C32H33N5O3/c1-19-27(34-20(2)28(19)31(39)33-13-16-37-14-7-8-15-37)18-25-24-17-23(11-12-26(24)36-30(25)38)29-21(3)35-32(40-29)22-9-5-4-6-10-22/h4-6,9-12,17-18,34H,7-8,13-16H2,1-3H3,(H,33,39)(H,36,38). The third-order valence-corrected chi connectivity index (χ3v) is 7.79. The molecule has 4 heterocycles. The normalized spacial score (nSPS) is 16.0. The SMILES string of the molecule is Cc1nc(-c2ccccc2)oc1-c1ccc2c(c1)C(=Cc1[nH]c(C)c(C(=O)NCCN3CCCC3)c1C)C(=O)N2. The van der Waals surface area contributed by atoms with Crippen LogP contribution in [0.25, 0.3) is 34.4 Å². The monoisotopic (exact) mass is 535 g/mol. The summed E-state index contributed by atoms with van der Waals surface area (Å²) in [5, 5.41) is 6.03. The van der Waals surface area contributed by atoms with Gasteiger partial charge in [-0.1, -0.05) is 18.2 Å². The number of benzene rings is 2. The first-order chi connectivity index (χ1) is 19.4. The molecule has 2 aromatic carbocycles. The van der Waals surface area contributed by atoms with Crippen molar-refractivity contribution in [2.24, 2.45) is 0 Å². The second-order valence-electron chi connectivity index (χ2n) is 10.5. The maximum absolute atomic E-state index is 13.0. The number of nitrogens with zero attached hydrogens (tertiary/aromatic N) is 2. The maximum Gasteiger partial charge on any atom is 0.256 e. The molecule has 0 radical (unpaired) electrons. The molecule has 1 fully saturated rings. The summed E-state index contributed by atoms with van der Waals surface area (Å²) in [7, 11) is 0. The Balaban J connectivity index is 1.27. The smallest absolute Gasteiger partial charge is 0.256 e. The number of oxazole rings is 1. The van der Waals surface area contributed by atoms with Crippen LogP contribution in [-0.4, -0.2) is 52.9 Å². The van der Waals surface area contributed by atoms with Crippen molar-refractivity contribution < 1.29 is 14.0 Å². The number of hydrogen-bond acceptors (Lipinski definition) is 5. The van der Waals surface area contributed by atoms with Crippen LogP contribution in [-0.2, 0) is 4.79 Å². The number of carbonyl (C=O) groups is 2. The highest BCUT2D eigenvalue weighted by Crippen LogP contribution is 2.38. The predicted octanol–water partition coefficient (Wildman–Crippen LogP) is 5.58. The zero-order valence-corrected chi connectivity index (χ0v) is 23.1. The Morgan fingerprint density at radius 1 is 1.07 bits per heavy atom. The number of nitrogens with one attached hydrogen (secondary N) is 3. The van der Waals surface area contributed by atoms with Crippen LogP contribution in [0.4, 0.5) is 5.69 Å². The number of aromatic nitrogens is 2. The van der Waals surface area contributed by atoms with Crippen LogP contribution >= 0.6 is 0 Å². The van der Waals surface area contributed by atoms with Crippen molar-refractivity contribution in [2.75, 3.05) is 31.5 Å². The molecule has 4 aromatic rings. The van der Waals surface area contributed by atoms with Gasteiger partial charge in [-0.25, -0.2) is 4.98 Å². The zero-order valence-electron chi connectivity index (χ0n) is 23.1. The molecule has 2 aromatic heterocycles. The Morgan fingerprint density at radius 2 is 1.85 bits per heavy atom. The molecule has 8 heteroatoms. The van der Waals surface area contributed by atoms with E-state index in [1.165, 1.54) is 12.8 Å². The minimum atomic E-state index is -0.185. The number of likely N-dealkylation sites (tertiary alicyclic amines) is 1. The number of fused-ring (bicyclic) bond motifs is 1. The maximum atomic E-state index is 13.0. The Kier molecular flexibility index (Phi) is 6.86. The van der Waals surface area contributed by atoms with Gasteiger partial charge in [0, 0.05) is 46.9 Å². The second-order valence-corrected chi connectivity index (χ2v) is 10.5. The molecular formula is C32H33N5O3. The summed E-state index contributed by atoms with van der Waals surface area (Å²) in [6, 6.07) is 15.6. The largest absolute Gasteiger partial charge is 0.436 e. The van der Waals surface area contributed by atoms with Crippen molar-refractivity contribution in [1.29, 1.82) is 0 Å². The van der Waals surface area contributed by atoms with Crippen molar-refractivity contribution in [1.82, 2.24) is 20.2 Å². The number of amides is 2. The van der Waals surface area contributed by atoms with Crippen molar-refractivity contribution in [3.8, 4) is 22.8 Å². The highest BCUT2D eigenvalue weighted by molar-refractivity contribution is 6.35. The molecule has 0 spiro atoms. The van der Waals surface area contributed by atoms with Crippen LogP contribution in [0.2, 0.25) is 0 Å². The third-order valence-electron chi connectivity index (χ3n) is 7.79. The van der Waals surface area contributed by atoms with Gasteiger partial charge in [-0.3, -0.25) is 9.59 Å². The van der Waals surface area contributed by atoms with Gasteiger partial charge in [0.05, 0.1) is 16.8 Å². The molecule has 204 valence electrons. The van der Waals surface area contributed by atoms with Crippen molar-refractivity contribution in [2.45, 2.75) is 33.6 Å². The summed E-state index contributed by atoms with van der Waals surface area (Å²) >= 11 is 0. The van der Waals surface area contributed by atoms with Gasteiger partial charge in [0.25, 0.3) is 11.8 Å². The van der Waals surface area contributed by atoms with E-state index in [1.807, 2.05) is 75.4 Å². The number of H-pyrrole nitrogens is 1. The van der Waals surface area contributed by atoms with Gasteiger partial charge in [-0.15, -0.1) is 0 Å². The number of carbonyl (C=O) groups excluding carboxylic acids is 2. The van der Waals surface area contributed by atoms with Gasteiger partial charge in [0.1, 0.15) is 0 Å². The average molecular weight is 536 g/mol. The molecule has 40 heavy (non-hydrogen) atoms. The Labute approximate surface area is 233 Å². The van der Waals surface area contributed by atoms with Crippen molar-refractivity contribution in [3.63, 3.8) is 0 Å². The Morgan fingerprint density at radius 3 is 2.62 bits per heavy atom. The minimum Gasteiger partial charge on any atom is -0.436 e. The first-order valence-electron chi connectivity index (χ1n) is 13.8. The number of hydrogen-bond donors (Lipinski definition) is 3. The van der Waals surface area contributed by atoms with E-state index >= 15 is 0 Å². The number of anilines is 1. The second kappa shape index (κ2) is 10.6. The van der Waals surface area contributed by atoms with E-state index in [2.05, 4.69) is 25.5 Å². The van der Waals surface area contributed by atoms with Crippen LogP contribution in [0, 0.1) is 20.8 Å². The lowest BCUT2D eigenvalue weighted by molar-refractivity contribution is -0.110. The molecule has 6 rings (SSSR count). The van der Waals surface area contributed by atoms with E-state index in [1.54, 1.807) is 0 Å². The van der Waals surface area contributed by atoms with Crippen LogP contribution in [0.5, 0.6) is 0 Å². The first-order valence-corrected chi connectivity index (χ1v) is 13.8. The lowest BCUT2D eigenvalue weighted by atomic mass is 10.0. The lowest BCUT2D eigenvalue weighted by Gasteiger charge is -2.14. The van der Waals surface area contributed by atoms with Gasteiger partial charge in [0.15, 0.2) is 5.76 Å².